The van der Waals surface area contributed by atoms with Gasteiger partial charge in [0.15, 0.2) is 5.75 Å². The summed E-state index contributed by atoms with van der Waals surface area (Å²) in [6.07, 6.45) is 9.36. The predicted octanol–water partition coefficient (Wildman–Crippen LogP) is 7.37. The number of fused-ring (bicyclic) bond motifs is 2. The van der Waals surface area contributed by atoms with Crippen molar-refractivity contribution >= 4 is 27.3 Å². The summed E-state index contributed by atoms with van der Waals surface area (Å²) in [4.78, 5) is 2.27. The van der Waals surface area contributed by atoms with Gasteiger partial charge >= 0.3 is 0 Å². The zero-order valence-corrected chi connectivity index (χ0v) is 16.8. The molecule has 0 N–H and O–H groups in total. The van der Waals surface area contributed by atoms with E-state index in [1.165, 1.54) is 11.1 Å². The fraction of sp³-hybridized carbons (Fsp3) is 0.0400. The standard InChI is InChI=1S/C25H18BrNO/c26-20-14-10-18(11-15-20)19-12-16-21(17-13-19)27-22-6-2-1-3-8-24(22)28-25-9-5-4-7-23(25)27/h1-2,4-17H,3H2. The number of nitrogens with zero attached hydrogens (tertiary/aromatic N) is 1. The maximum Gasteiger partial charge on any atom is 0.151 e. The fourth-order valence-corrected chi connectivity index (χ4v) is 3.84. The van der Waals surface area contributed by atoms with E-state index in [0.29, 0.717) is 0 Å². The maximum absolute atomic E-state index is 6.18. The first-order chi connectivity index (χ1) is 13.8. The molecule has 0 unspecified atom stereocenters. The molecule has 0 spiro atoms. The van der Waals surface area contributed by atoms with Crippen molar-refractivity contribution in [2.24, 2.45) is 0 Å². The second-order valence-corrected chi connectivity index (χ2v) is 7.66. The van der Waals surface area contributed by atoms with Crippen LogP contribution in [0.15, 0.2) is 113 Å². The summed E-state index contributed by atoms with van der Waals surface area (Å²) in [5.41, 5.74) is 5.63. The number of hydrogen-bond acceptors (Lipinski definition) is 2. The molecular weight excluding hydrogens is 410 g/mol. The van der Waals surface area contributed by atoms with Crippen LogP contribution in [0, 0.1) is 0 Å². The normalized spacial score (nSPS) is 15.0. The molecule has 136 valence electrons. The first kappa shape index (κ1) is 17.1. The molecule has 0 atom stereocenters. The van der Waals surface area contributed by atoms with Gasteiger partial charge in [0.2, 0.25) is 0 Å². The van der Waals surface area contributed by atoms with Crippen molar-refractivity contribution in [3.05, 3.63) is 113 Å². The Labute approximate surface area is 173 Å². The number of ether oxygens (including phenoxy) is 1. The number of halogens is 1. The van der Waals surface area contributed by atoms with Gasteiger partial charge in [-0.05, 0) is 66.1 Å². The Kier molecular flexibility index (Phi) is 4.38. The molecule has 3 aromatic carbocycles. The molecule has 1 aliphatic carbocycles. The van der Waals surface area contributed by atoms with Crippen LogP contribution in [-0.2, 0) is 0 Å². The topological polar surface area (TPSA) is 12.5 Å². The minimum atomic E-state index is 0.869. The fourth-order valence-electron chi connectivity index (χ4n) is 3.58. The van der Waals surface area contributed by atoms with E-state index < -0.39 is 0 Å². The van der Waals surface area contributed by atoms with E-state index in [1.54, 1.807) is 0 Å². The number of anilines is 2. The summed E-state index contributed by atoms with van der Waals surface area (Å²) in [7, 11) is 0. The number of allylic oxidation sites excluding steroid dienone is 4. The predicted molar refractivity (Wildman–Crippen MR) is 119 cm³/mol. The summed E-state index contributed by atoms with van der Waals surface area (Å²) in [6.45, 7) is 0. The van der Waals surface area contributed by atoms with Crippen LogP contribution in [0.4, 0.5) is 11.4 Å². The van der Waals surface area contributed by atoms with Crippen LogP contribution >= 0.6 is 15.9 Å². The van der Waals surface area contributed by atoms with Crippen molar-refractivity contribution < 1.29 is 4.74 Å². The van der Waals surface area contributed by atoms with Gasteiger partial charge in [0.05, 0.1) is 11.4 Å². The van der Waals surface area contributed by atoms with Gasteiger partial charge in [-0.1, -0.05) is 64.5 Å². The molecule has 5 rings (SSSR count). The molecule has 28 heavy (non-hydrogen) atoms. The highest BCUT2D eigenvalue weighted by molar-refractivity contribution is 9.10. The molecular formula is C25H18BrNO. The summed E-state index contributed by atoms with van der Waals surface area (Å²) < 4.78 is 7.27. The highest BCUT2D eigenvalue weighted by Crippen LogP contribution is 2.44. The Morgan fingerprint density at radius 3 is 2.32 bits per heavy atom. The van der Waals surface area contributed by atoms with Crippen LogP contribution < -0.4 is 9.64 Å². The maximum atomic E-state index is 6.18. The van der Waals surface area contributed by atoms with Crippen molar-refractivity contribution in [1.82, 2.24) is 0 Å². The smallest absolute Gasteiger partial charge is 0.151 e. The molecule has 0 aromatic heterocycles. The Bertz CT molecular complexity index is 1110. The summed E-state index contributed by atoms with van der Waals surface area (Å²) >= 11 is 3.50. The second-order valence-electron chi connectivity index (χ2n) is 6.74. The molecule has 0 radical (unpaired) electrons. The Hall–Kier alpha value is -3.04. The van der Waals surface area contributed by atoms with Gasteiger partial charge in [0, 0.05) is 10.2 Å². The van der Waals surface area contributed by atoms with E-state index in [9.17, 15) is 0 Å². The molecule has 0 bridgehead atoms. The molecule has 2 aliphatic rings. The Morgan fingerprint density at radius 1 is 0.821 bits per heavy atom. The lowest BCUT2D eigenvalue weighted by atomic mass is 10.0. The third-order valence-corrected chi connectivity index (χ3v) is 5.48. The summed E-state index contributed by atoms with van der Waals surface area (Å²) in [6, 6.07) is 25.3. The van der Waals surface area contributed by atoms with Gasteiger partial charge < -0.3 is 9.64 Å². The van der Waals surface area contributed by atoms with Gasteiger partial charge in [0.1, 0.15) is 5.76 Å². The van der Waals surface area contributed by atoms with Gasteiger partial charge in [0.25, 0.3) is 0 Å². The zero-order chi connectivity index (χ0) is 18.9. The minimum absolute atomic E-state index is 0.869. The van der Waals surface area contributed by atoms with Gasteiger partial charge in [-0.25, -0.2) is 0 Å². The van der Waals surface area contributed by atoms with Crippen molar-refractivity contribution in [2.45, 2.75) is 6.42 Å². The number of hydrogen-bond donors (Lipinski definition) is 0. The van der Waals surface area contributed by atoms with Crippen LogP contribution in [0.2, 0.25) is 0 Å². The van der Waals surface area contributed by atoms with E-state index in [1.807, 2.05) is 18.2 Å². The van der Waals surface area contributed by atoms with Crippen LogP contribution in [0.25, 0.3) is 11.1 Å². The summed E-state index contributed by atoms with van der Waals surface area (Å²) in [5, 5.41) is 0. The monoisotopic (exact) mass is 427 g/mol. The lowest BCUT2D eigenvalue weighted by Crippen LogP contribution is -2.25. The highest BCUT2D eigenvalue weighted by atomic mass is 79.9. The average molecular weight is 428 g/mol. The Morgan fingerprint density at radius 2 is 1.54 bits per heavy atom. The van der Waals surface area contributed by atoms with E-state index in [2.05, 4.69) is 99.7 Å². The van der Waals surface area contributed by atoms with Crippen LogP contribution in [0.1, 0.15) is 6.42 Å². The van der Waals surface area contributed by atoms with Crippen LogP contribution in [0.5, 0.6) is 5.75 Å². The van der Waals surface area contributed by atoms with Gasteiger partial charge in [-0.2, -0.15) is 0 Å². The van der Waals surface area contributed by atoms with Gasteiger partial charge in [-0.3, -0.25) is 0 Å². The SMILES string of the molecule is Brc1ccc(-c2ccc(N3C4=CC=CCC=C4Oc4ccccc43)cc2)cc1. The minimum Gasteiger partial charge on any atom is -0.453 e. The second kappa shape index (κ2) is 7.17. The van der Waals surface area contributed by atoms with Crippen molar-refractivity contribution in [2.75, 3.05) is 4.90 Å². The van der Waals surface area contributed by atoms with Crippen molar-refractivity contribution in [1.29, 1.82) is 0 Å². The quantitative estimate of drug-likeness (QED) is 0.422. The lowest BCUT2D eigenvalue weighted by molar-refractivity contribution is 0.422. The molecule has 2 nitrogen and oxygen atoms in total. The number of benzene rings is 3. The molecule has 1 aliphatic heterocycles. The number of para-hydroxylation sites is 2. The van der Waals surface area contributed by atoms with Crippen LogP contribution in [0.3, 0.4) is 0 Å². The molecule has 3 aromatic rings. The van der Waals surface area contributed by atoms with E-state index in [0.717, 1.165) is 39.5 Å². The average Bonchev–Trinajstić information content (AvgIpc) is 2.98. The summed E-state index contributed by atoms with van der Waals surface area (Å²) in [5.74, 6) is 1.78. The number of rotatable bonds is 2. The largest absolute Gasteiger partial charge is 0.453 e. The molecule has 1 heterocycles. The van der Waals surface area contributed by atoms with E-state index in [-0.39, 0.29) is 0 Å². The van der Waals surface area contributed by atoms with Crippen molar-refractivity contribution in [3.8, 4) is 16.9 Å². The van der Waals surface area contributed by atoms with E-state index >= 15 is 0 Å². The third-order valence-electron chi connectivity index (χ3n) is 4.95. The molecule has 0 fully saturated rings. The first-order valence-corrected chi connectivity index (χ1v) is 10.1. The highest BCUT2D eigenvalue weighted by Gasteiger charge is 2.27. The van der Waals surface area contributed by atoms with E-state index in [4.69, 9.17) is 4.74 Å². The molecule has 0 amide bonds. The zero-order valence-electron chi connectivity index (χ0n) is 15.2. The molecule has 0 saturated heterocycles. The third kappa shape index (κ3) is 3.08. The van der Waals surface area contributed by atoms with Crippen molar-refractivity contribution in [3.63, 3.8) is 0 Å². The van der Waals surface area contributed by atoms with Crippen LogP contribution in [-0.4, -0.2) is 0 Å². The first-order valence-electron chi connectivity index (χ1n) is 9.30. The molecule has 0 saturated carbocycles. The lowest BCUT2D eigenvalue weighted by Gasteiger charge is -2.34. The Balaban J connectivity index is 1.59. The van der Waals surface area contributed by atoms with Gasteiger partial charge in [-0.15, -0.1) is 0 Å². The molecule has 3 heteroatoms.